The Morgan fingerprint density at radius 3 is 2.88 bits per heavy atom. The van der Waals surface area contributed by atoms with Crippen LogP contribution in [0.4, 0.5) is 10.6 Å². The highest BCUT2D eigenvalue weighted by Gasteiger charge is 2.48. The number of nitrogens with zero attached hydrogens (tertiary/aromatic N) is 3. The van der Waals surface area contributed by atoms with Gasteiger partial charge in [0, 0.05) is 37.0 Å². The fourth-order valence-electron chi connectivity index (χ4n) is 2.60. The lowest BCUT2D eigenvalue weighted by atomic mass is 9.93. The SMILES string of the molecule is Cc1cc(NC(=O)CCN2C(=O)N[C@@](C)(c3cccnc3)C2=O)no1. The molecule has 0 bridgehead atoms. The maximum Gasteiger partial charge on any atom is 0.325 e. The Kier molecular flexibility index (Phi) is 4.22. The maximum atomic E-state index is 12.7. The van der Waals surface area contributed by atoms with Crippen molar-refractivity contribution in [2.24, 2.45) is 0 Å². The Labute approximate surface area is 143 Å². The van der Waals surface area contributed by atoms with Crippen molar-refractivity contribution in [2.45, 2.75) is 25.8 Å². The van der Waals surface area contributed by atoms with Gasteiger partial charge in [-0.25, -0.2) is 4.79 Å². The first kappa shape index (κ1) is 16.6. The number of rotatable bonds is 5. The van der Waals surface area contributed by atoms with Crippen molar-refractivity contribution in [1.82, 2.24) is 20.4 Å². The second kappa shape index (κ2) is 6.34. The molecule has 4 amide bonds. The molecule has 0 spiro atoms. The van der Waals surface area contributed by atoms with Crippen molar-refractivity contribution in [3.05, 3.63) is 41.9 Å². The quantitative estimate of drug-likeness (QED) is 0.787. The van der Waals surface area contributed by atoms with Crippen LogP contribution < -0.4 is 10.6 Å². The largest absolute Gasteiger partial charge is 0.360 e. The zero-order chi connectivity index (χ0) is 18.0. The molecule has 3 heterocycles. The number of imide groups is 1. The molecule has 1 aliphatic rings. The van der Waals surface area contributed by atoms with E-state index >= 15 is 0 Å². The normalized spacial score (nSPS) is 19.8. The Bertz CT molecular complexity index is 819. The van der Waals surface area contributed by atoms with Crippen molar-refractivity contribution in [1.29, 1.82) is 0 Å². The monoisotopic (exact) mass is 343 g/mol. The van der Waals surface area contributed by atoms with Gasteiger partial charge in [0.05, 0.1) is 0 Å². The van der Waals surface area contributed by atoms with Gasteiger partial charge in [0.2, 0.25) is 5.91 Å². The van der Waals surface area contributed by atoms with Crippen molar-refractivity contribution in [3.63, 3.8) is 0 Å². The zero-order valence-corrected chi connectivity index (χ0v) is 13.8. The van der Waals surface area contributed by atoms with E-state index in [0.717, 1.165) is 4.90 Å². The molecular weight excluding hydrogens is 326 g/mol. The van der Waals surface area contributed by atoms with Gasteiger partial charge < -0.3 is 15.2 Å². The van der Waals surface area contributed by atoms with E-state index in [9.17, 15) is 14.4 Å². The number of amides is 4. The lowest BCUT2D eigenvalue weighted by molar-refractivity contribution is -0.131. The topological polar surface area (TPSA) is 117 Å². The van der Waals surface area contributed by atoms with Crippen LogP contribution in [-0.2, 0) is 15.1 Å². The standard InChI is InChI=1S/C16H17N5O4/c1-10-8-12(20-25-10)18-13(22)5-7-21-14(23)16(2,19-15(21)24)11-4-3-6-17-9-11/h3-4,6,8-9H,5,7H2,1-2H3,(H,19,24)(H,18,20,22)/t16-/m0/s1. The van der Waals surface area contributed by atoms with E-state index in [-0.39, 0.29) is 18.9 Å². The van der Waals surface area contributed by atoms with Crippen LogP contribution in [0, 0.1) is 6.92 Å². The maximum absolute atomic E-state index is 12.7. The van der Waals surface area contributed by atoms with Crippen LogP contribution in [0.5, 0.6) is 0 Å². The third-order valence-corrected chi connectivity index (χ3v) is 3.97. The second-order valence-corrected chi connectivity index (χ2v) is 5.87. The Morgan fingerprint density at radius 2 is 2.24 bits per heavy atom. The van der Waals surface area contributed by atoms with Crippen LogP contribution in [0.15, 0.2) is 35.1 Å². The van der Waals surface area contributed by atoms with Gasteiger partial charge in [0.15, 0.2) is 5.82 Å². The molecule has 0 unspecified atom stereocenters. The molecule has 1 aliphatic heterocycles. The van der Waals surface area contributed by atoms with Crippen LogP contribution in [-0.4, -0.2) is 39.4 Å². The Hall–Kier alpha value is -3.23. The number of nitrogens with one attached hydrogen (secondary N) is 2. The first-order valence-corrected chi connectivity index (χ1v) is 7.68. The Morgan fingerprint density at radius 1 is 1.44 bits per heavy atom. The molecule has 9 nitrogen and oxygen atoms in total. The van der Waals surface area contributed by atoms with Crippen LogP contribution in [0.3, 0.4) is 0 Å². The van der Waals surface area contributed by atoms with Gasteiger partial charge in [-0.1, -0.05) is 11.2 Å². The molecule has 0 radical (unpaired) electrons. The number of hydrogen-bond donors (Lipinski definition) is 2. The van der Waals surface area contributed by atoms with Gasteiger partial charge in [0.25, 0.3) is 5.91 Å². The number of urea groups is 1. The number of pyridine rings is 1. The summed E-state index contributed by atoms with van der Waals surface area (Å²) >= 11 is 0. The van der Waals surface area contributed by atoms with Crippen LogP contribution >= 0.6 is 0 Å². The first-order valence-electron chi connectivity index (χ1n) is 7.68. The molecule has 0 saturated carbocycles. The summed E-state index contributed by atoms with van der Waals surface area (Å²) in [5.41, 5.74) is -0.608. The van der Waals surface area contributed by atoms with Gasteiger partial charge in [-0.2, -0.15) is 0 Å². The minimum absolute atomic E-state index is 0.0385. The molecule has 1 fully saturated rings. The minimum atomic E-state index is -1.19. The van der Waals surface area contributed by atoms with Gasteiger partial charge >= 0.3 is 6.03 Å². The van der Waals surface area contributed by atoms with Gasteiger partial charge in [-0.05, 0) is 19.9 Å². The number of anilines is 1. The van der Waals surface area contributed by atoms with E-state index in [2.05, 4.69) is 20.8 Å². The van der Waals surface area contributed by atoms with Crippen molar-refractivity contribution >= 4 is 23.7 Å². The van der Waals surface area contributed by atoms with Gasteiger partial charge in [-0.15, -0.1) is 0 Å². The summed E-state index contributed by atoms with van der Waals surface area (Å²) in [6.07, 6.45) is 3.07. The van der Waals surface area contributed by atoms with Crippen molar-refractivity contribution in [2.75, 3.05) is 11.9 Å². The summed E-state index contributed by atoms with van der Waals surface area (Å²) in [6.45, 7) is 3.28. The molecule has 25 heavy (non-hydrogen) atoms. The third-order valence-electron chi connectivity index (χ3n) is 3.97. The molecule has 1 atom stereocenters. The van der Waals surface area contributed by atoms with Crippen LogP contribution in [0.25, 0.3) is 0 Å². The molecule has 2 N–H and O–H groups in total. The molecule has 1 saturated heterocycles. The molecule has 9 heteroatoms. The third kappa shape index (κ3) is 3.21. The molecule has 2 aromatic rings. The molecular formula is C16H17N5O4. The highest BCUT2D eigenvalue weighted by molar-refractivity contribution is 6.07. The van der Waals surface area contributed by atoms with Crippen molar-refractivity contribution < 1.29 is 18.9 Å². The zero-order valence-electron chi connectivity index (χ0n) is 13.8. The summed E-state index contributed by atoms with van der Waals surface area (Å²) in [5, 5.41) is 8.86. The van der Waals surface area contributed by atoms with Gasteiger partial charge in [0.1, 0.15) is 11.3 Å². The number of carbonyl (C=O) groups excluding carboxylic acids is 3. The molecule has 0 aliphatic carbocycles. The molecule has 3 rings (SSSR count). The first-order chi connectivity index (χ1) is 11.9. The van der Waals surface area contributed by atoms with E-state index < -0.39 is 17.5 Å². The summed E-state index contributed by atoms with van der Waals surface area (Å²) in [4.78, 5) is 41.8. The second-order valence-electron chi connectivity index (χ2n) is 5.87. The smallest absolute Gasteiger partial charge is 0.325 e. The van der Waals surface area contributed by atoms with Crippen molar-refractivity contribution in [3.8, 4) is 0 Å². The summed E-state index contributed by atoms with van der Waals surface area (Å²) in [7, 11) is 0. The van der Waals surface area contributed by atoms with E-state index in [1.54, 1.807) is 38.2 Å². The number of aromatic nitrogens is 2. The highest BCUT2D eigenvalue weighted by Crippen LogP contribution is 2.28. The predicted molar refractivity (Wildman–Crippen MR) is 86.3 cm³/mol. The van der Waals surface area contributed by atoms with E-state index in [4.69, 9.17) is 4.52 Å². The Balaban J connectivity index is 1.64. The average molecular weight is 343 g/mol. The molecule has 0 aromatic carbocycles. The summed E-state index contributed by atoms with van der Waals surface area (Å²) in [6, 6.07) is 4.44. The fraction of sp³-hybridized carbons (Fsp3) is 0.312. The van der Waals surface area contributed by atoms with E-state index in [1.807, 2.05) is 0 Å². The summed E-state index contributed by atoms with van der Waals surface area (Å²) < 4.78 is 4.85. The average Bonchev–Trinajstić information content (AvgIpc) is 3.09. The fourth-order valence-corrected chi connectivity index (χ4v) is 2.60. The lowest BCUT2D eigenvalue weighted by Gasteiger charge is -2.21. The number of aryl methyl sites for hydroxylation is 1. The molecule has 130 valence electrons. The van der Waals surface area contributed by atoms with E-state index in [0.29, 0.717) is 17.1 Å². The summed E-state index contributed by atoms with van der Waals surface area (Å²) in [5.74, 6) is 0.0657. The predicted octanol–water partition coefficient (Wildman–Crippen LogP) is 1.17. The minimum Gasteiger partial charge on any atom is -0.360 e. The highest BCUT2D eigenvalue weighted by atomic mass is 16.5. The number of carbonyl (C=O) groups is 3. The van der Waals surface area contributed by atoms with E-state index in [1.165, 1.54) is 6.20 Å². The number of hydrogen-bond acceptors (Lipinski definition) is 6. The van der Waals surface area contributed by atoms with Crippen LogP contribution in [0.2, 0.25) is 0 Å². The lowest BCUT2D eigenvalue weighted by Crippen LogP contribution is -2.41. The van der Waals surface area contributed by atoms with Crippen LogP contribution in [0.1, 0.15) is 24.7 Å². The molecule has 2 aromatic heterocycles. The van der Waals surface area contributed by atoms with Gasteiger partial charge in [-0.3, -0.25) is 19.5 Å².